The average Bonchev–Trinajstić information content (AvgIpc) is 2.53. The molecule has 0 saturated heterocycles. The molecule has 4 heteroatoms. The van der Waals surface area contributed by atoms with Crippen molar-refractivity contribution in [3.8, 4) is 0 Å². The fraction of sp³-hybridized carbons (Fsp3) is 0.188. The third-order valence-electron chi connectivity index (χ3n) is 2.99. The summed E-state index contributed by atoms with van der Waals surface area (Å²) in [5.41, 5.74) is 8.14. The molecule has 3 nitrogen and oxygen atoms in total. The van der Waals surface area contributed by atoms with Gasteiger partial charge in [-0.3, -0.25) is 0 Å². The smallest absolute Gasteiger partial charge is 0.140 e. The molecule has 0 aromatic heterocycles. The molecule has 0 aliphatic rings. The summed E-state index contributed by atoms with van der Waals surface area (Å²) in [6.07, 6.45) is 0.540. The van der Waals surface area contributed by atoms with Gasteiger partial charge < -0.3 is 10.9 Å². The van der Waals surface area contributed by atoms with Crippen LogP contribution in [0.25, 0.3) is 0 Å². The highest BCUT2D eigenvalue weighted by atomic mass is 32.2. The van der Waals surface area contributed by atoms with E-state index in [9.17, 15) is 0 Å². The summed E-state index contributed by atoms with van der Waals surface area (Å²) in [7, 11) is 0. The summed E-state index contributed by atoms with van der Waals surface area (Å²) >= 11 is 1.80. The fourth-order valence-corrected chi connectivity index (χ4v) is 3.17. The standard InChI is InChI=1S/C16H18N2OS/c17-16(18-19)11-15(14-9-5-2-6-10-14)20-12-13-7-3-1-4-8-13/h1-10,15,19H,11-12H2,(H2,17,18). The molecule has 2 aromatic carbocycles. The predicted molar refractivity (Wildman–Crippen MR) is 84.9 cm³/mol. The van der Waals surface area contributed by atoms with Crippen LogP contribution in [0.3, 0.4) is 0 Å². The molecule has 0 amide bonds. The highest BCUT2D eigenvalue weighted by Gasteiger charge is 2.14. The molecular weight excluding hydrogens is 268 g/mol. The minimum Gasteiger partial charge on any atom is -0.409 e. The van der Waals surface area contributed by atoms with Crippen molar-refractivity contribution >= 4 is 17.6 Å². The molecule has 20 heavy (non-hydrogen) atoms. The van der Waals surface area contributed by atoms with Gasteiger partial charge in [-0.15, -0.1) is 11.8 Å². The van der Waals surface area contributed by atoms with E-state index in [1.54, 1.807) is 11.8 Å². The number of rotatable bonds is 6. The van der Waals surface area contributed by atoms with Gasteiger partial charge in [-0.1, -0.05) is 65.8 Å². The Morgan fingerprint density at radius 3 is 2.25 bits per heavy atom. The van der Waals surface area contributed by atoms with E-state index in [4.69, 9.17) is 10.9 Å². The third kappa shape index (κ3) is 4.31. The van der Waals surface area contributed by atoms with Gasteiger partial charge in [-0.2, -0.15) is 0 Å². The number of oxime groups is 1. The molecule has 0 fully saturated rings. The normalized spacial score (nSPS) is 13.1. The van der Waals surface area contributed by atoms with Crippen molar-refractivity contribution in [3.05, 3.63) is 71.8 Å². The van der Waals surface area contributed by atoms with Crippen molar-refractivity contribution in [1.29, 1.82) is 0 Å². The predicted octanol–water partition coefficient (Wildman–Crippen LogP) is 3.80. The Kier molecular flexibility index (Phi) is 5.50. The van der Waals surface area contributed by atoms with E-state index < -0.39 is 0 Å². The first kappa shape index (κ1) is 14.5. The van der Waals surface area contributed by atoms with Crippen molar-refractivity contribution in [2.45, 2.75) is 17.4 Å². The minimum absolute atomic E-state index is 0.187. The maximum atomic E-state index is 8.77. The van der Waals surface area contributed by atoms with Gasteiger partial charge in [0, 0.05) is 17.4 Å². The first-order chi connectivity index (χ1) is 9.79. The molecular formula is C16H18N2OS. The Morgan fingerprint density at radius 2 is 1.65 bits per heavy atom. The molecule has 0 heterocycles. The zero-order valence-corrected chi connectivity index (χ0v) is 12.0. The number of hydrogen-bond acceptors (Lipinski definition) is 3. The fourth-order valence-electron chi connectivity index (χ4n) is 1.94. The minimum atomic E-state index is 0.187. The Balaban J connectivity index is 2.07. The molecule has 0 bridgehead atoms. The molecule has 0 radical (unpaired) electrons. The van der Waals surface area contributed by atoms with Gasteiger partial charge in [0.05, 0.1) is 0 Å². The van der Waals surface area contributed by atoms with Crippen LogP contribution in [-0.4, -0.2) is 11.0 Å². The average molecular weight is 286 g/mol. The molecule has 2 rings (SSSR count). The lowest BCUT2D eigenvalue weighted by Crippen LogP contribution is -2.14. The number of benzene rings is 2. The Morgan fingerprint density at radius 1 is 1.05 bits per heavy atom. The molecule has 0 aliphatic heterocycles. The van der Waals surface area contributed by atoms with E-state index in [-0.39, 0.29) is 11.1 Å². The van der Waals surface area contributed by atoms with E-state index in [0.717, 1.165) is 5.75 Å². The first-order valence-electron chi connectivity index (χ1n) is 6.46. The van der Waals surface area contributed by atoms with Gasteiger partial charge in [-0.25, -0.2) is 0 Å². The van der Waals surface area contributed by atoms with Crippen LogP contribution in [0.5, 0.6) is 0 Å². The van der Waals surface area contributed by atoms with Crippen molar-refractivity contribution in [2.75, 3.05) is 0 Å². The summed E-state index contributed by atoms with van der Waals surface area (Å²) in [6.45, 7) is 0. The third-order valence-corrected chi connectivity index (χ3v) is 4.33. The molecule has 0 aliphatic carbocycles. The van der Waals surface area contributed by atoms with Gasteiger partial charge in [0.2, 0.25) is 0 Å². The van der Waals surface area contributed by atoms with Crippen molar-refractivity contribution < 1.29 is 5.21 Å². The van der Waals surface area contributed by atoms with Crippen LogP contribution in [0.15, 0.2) is 65.8 Å². The highest BCUT2D eigenvalue weighted by Crippen LogP contribution is 2.34. The van der Waals surface area contributed by atoms with Crippen LogP contribution < -0.4 is 5.73 Å². The summed E-state index contributed by atoms with van der Waals surface area (Å²) < 4.78 is 0. The number of nitrogens with zero attached hydrogens (tertiary/aromatic N) is 1. The van der Waals surface area contributed by atoms with Gasteiger partial charge in [0.1, 0.15) is 5.84 Å². The van der Waals surface area contributed by atoms with Crippen molar-refractivity contribution in [2.24, 2.45) is 10.9 Å². The number of nitrogens with two attached hydrogens (primary N) is 1. The van der Waals surface area contributed by atoms with E-state index >= 15 is 0 Å². The van der Waals surface area contributed by atoms with Crippen LogP contribution >= 0.6 is 11.8 Å². The second-order valence-corrected chi connectivity index (χ2v) is 5.68. The quantitative estimate of drug-likeness (QED) is 0.367. The molecule has 0 saturated carbocycles. The molecule has 0 spiro atoms. The zero-order valence-electron chi connectivity index (χ0n) is 11.1. The van der Waals surface area contributed by atoms with Crippen LogP contribution in [0.4, 0.5) is 0 Å². The van der Waals surface area contributed by atoms with E-state index in [2.05, 4.69) is 29.4 Å². The first-order valence-corrected chi connectivity index (χ1v) is 7.51. The second-order valence-electron chi connectivity index (χ2n) is 4.49. The lowest BCUT2D eigenvalue weighted by Gasteiger charge is -2.16. The van der Waals surface area contributed by atoms with Gasteiger partial charge >= 0.3 is 0 Å². The zero-order chi connectivity index (χ0) is 14.2. The van der Waals surface area contributed by atoms with Crippen molar-refractivity contribution in [1.82, 2.24) is 0 Å². The summed E-state index contributed by atoms with van der Waals surface area (Å²) in [4.78, 5) is 0. The maximum Gasteiger partial charge on any atom is 0.140 e. The molecule has 1 atom stereocenters. The Labute approximate surface area is 123 Å². The lowest BCUT2D eigenvalue weighted by atomic mass is 10.1. The number of thioether (sulfide) groups is 1. The Bertz CT molecular complexity index is 543. The molecule has 1 unspecified atom stereocenters. The number of amidine groups is 1. The summed E-state index contributed by atoms with van der Waals surface area (Å²) in [6, 6.07) is 20.5. The van der Waals surface area contributed by atoms with Crippen LogP contribution in [-0.2, 0) is 5.75 Å². The molecule has 3 N–H and O–H groups in total. The second kappa shape index (κ2) is 7.60. The number of hydrogen-bond donors (Lipinski definition) is 2. The van der Waals surface area contributed by atoms with Crippen LogP contribution in [0.2, 0.25) is 0 Å². The highest BCUT2D eigenvalue weighted by molar-refractivity contribution is 7.98. The molecule has 104 valence electrons. The van der Waals surface area contributed by atoms with Gasteiger partial charge in [0.25, 0.3) is 0 Å². The van der Waals surface area contributed by atoms with E-state index in [1.807, 2.05) is 36.4 Å². The Hall–Kier alpha value is -1.94. The van der Waals surface area contributed by atoms with E-state index in [1.165, 1.54) is 11.1 Å². The molecule has 2 aromatic rings. The van der Waals surface area contributed by atoms with Crippen LogP contribution in [0, 0.1) is 0 Å². The monoisotopic (exact) mass is 286 g/mol. The van der Waals surface area contributed by atoms with Gasteiger partial charge in [0.15, 0.2) is 0 Å². The SMILES string of the molecule is NC(CC(SCc1ccccc1)c1ccccc1)=NO. The van der Waals surface area contributed by atoms with E-state index in [0.29, 0.717) is 6.42 Å². The summed E-state index contributed by atoms with van der Waals surface area (Å²) in [5, 5.41) is 12.0. The van der Waals surface area contributed by atoms with Gasteiger partial charge in [-0.05, 0) is 11.1 Å². The van der Waals surface area contributed by atoms with Crippen molar-refractivity contribution in [3.63, 3.8) is 0 Å². The topological polar surface area (TPSA) is 58.6 Å². The largest absolute Gasteiger partial charge is 0.409 e. The van der Waals surface area contributed by atoms with Crippen LogP contribution in [0.1, 0.15) is 22.8 Å². The summed E-state index contributed by atoms with van der Waals surface area (Å²) in [5.74, 6) is 1.17. The maximum absolute atomic E-state index is 8.77. The lowest BCUT2D eigenvalue weighted by molar-refractivity contribution is 0.317.